The van der Waals surface area contributed by atoms with Gasteiger partial charge in [0.05, 0.1) is 0 Å². The predicted molar refractivity (Wildman–Crippen MR) is 76.0 cm³/mol. The molecule has 1 unspecified atom stereocenters. The number of rotatable bonds is 9. The van der Waals surface area contributed by atoms with Gasteiger partial charge >= 0.3 is 0 Å². The molecule has 1 atom stereocenters. The summed E-state index contributed by atoms with van der Waals surface area (Å²) in [5.74, 6) is 1.42. The number of hydrogen-bond donors (Lipinski definition) is 2. The maximum atomic E-state index is 11.9. The summed E-state index contributed by atoms with van der Waals surface area (Å²) in [6, 6.07) is 0. The van der Waals surface area contributed by atoms with E-state index < -0.39 is 0 Å². The molecule has 1 aromatic heterocycles. The highest BCUT2D eigenvalue weighted by Crippen LogP contribution is 2.11. The minimum atomic E-state index is -0.173. The Morgan fingerprint density at radius 3 is 2.74 bits per heavy atom. The maximum Gasteiger partial charge on any atom is 0.290 e. The average Bonchev–Trinajstić information content (AvgIpc) is 2.88. The fraction of sp³-hybridized carbons (Fsp3) is 0.786. The Bertz CT molecular complexity index is 375. The molecule has 0 aliphatic rings. The zero-order chi connectivity index (χ0) is 14.1. The zero-order valence-electron chi connectivity index (χ0n) is 12.3. The second-order valence-corrected chi connectivity index (χ2v) is 4.98. The highest BCUT2D eigenvalue weighted by Gasteiger charge is 2.14. The third-order valence-electron chi connectivity index (χ3n) is 3.32. The Kier molecular flexibility index (Phi) is 7.15. The first kappa shape index (κ1) is 15.7. The quantitative estimate of drug-likeness (QED) is 0.722. The van der Waals surface area contributed by atoms with Crippen LogP contribution in [0.3, 0.4) is 0 Å². The SMILES string of the molecule is CCCCC(CC)CNC(=O)c1n[nH]c(CCC)n1. The second-order valence-electron chi connectivity index (χ2n) is 4.98. The number of nitrogens with one attached hydrogen (secondary N) is 2. The molecule has 5 nitrogen and oxygen atoms in total. The Balaban J connectivity index is 2.40. The molecule has 0 aliphatic carbocycles. The van der Waals surface area contributed by atoms with E-state index in [0.29, 0.717) is 12.5 Å². The summed E-state index contributed by atoms with van der Waals surface area (Å²) in [5, 5.41) is 9.68. The molecule has 108 valence electrons. The fourth-order valence-corrected chi connectivity index (χ4v) is 2.00. The molecule has 0 spiro atoms. The molecule has 0 bridgehead atoms. The number of unbranched alkanes of at least 4 members (excludes halogenated alkanes) is 1. The van der Waals surface area contributed by atoms with Crippen LogP contribution in [0.15, 0.2) is 0 Å². The van der Waals surface area contributed by atoms with Gasteiger partial charge in [-0.1, -0.05) is 40.0 Å². The number of amides is 1. The normalized spacial score (nSPS) is 12.4. The molecule has 0 radical (unpaired) electrons. The average molecular weight is 266 g/mol. The number of nitrogens with zero attached hydrogens (tertiary/aromatic N) is 2. The van der Waals surface area contributed by atoms with E-state index in [2.05, 4.69) is 41.3 Å². The first-order valence-electron chi connectivity index (χ1n) is 7.40. The molecule has 0 saturated carbocycles. The van der Waals surface area contributed by atoms with Crippen LogP contribution < -0.4 is 5.32 Å². The van der Waals surface area contributed by atoms with Crippen molar-refractivity contribution in [2.45, 2.75) is 59.3 Å². The van der Waals surface area contributed by atoms with E-state index in [-0.39, 0.29) is 11.7 Å². The molecule has 2 N–H and O–H groups in total. The third-order valence-corrected chi connectivity index (χ3v) is 3.32. The maximum absolute atomic E-state index is 11.9. The van der Waals surface area contributed by atoms with Crippen LogP contribution in [0.25, 0.3) is 0 Å². The summed E-state index contributed by atoms with van der Waals surface area (Å²) < 4.78 is 0. The lowest BCUT2D eigenvalue weighted by atomic mass is 9.99. The van der Waals surface area contributed by atoms with Crippen molar-refractivity contribution in [2.24, 2.45) is 5.92 Å². The minimum absolute atomic E-state index is 0.173. The number of carbonyl (C=O) groups is 1. The summed E-state index contributed by atoms with van der Waals surface area (Å²) in [7, 11) is 0. The lowest BCUT2D eigenvalue weighted by Crippen LogP contribution is -2.30. The van der Waals surface area contributed by atoms with E-state index in [1.165, 1.54) is 19.3 Å². The molecule has 0 saturated heterocycles. The molecule has 1 rings (SSSR count). The summed E-state index contributed by atoms with van der Waals surface area (Å²) in [4.78, 5) is 16.1. The topological polar surface area (TPSA) is 70.7 Å². The van der Waals surface area contributed by atoms with Gasteiger partial charge in [-0.15, -0.1) is 5.10 Å². The number of aromatic nitrogens is 3. The number of carbonyl (C=O) groups excluding carboxylic acids is 1. The lowest BCUT2D eigenvalue weighted by molar-refractivity contribution is 0.0935. The number of H-pyrrole nitrogens is 1. The van der Waals surface area contributed by atoms with Crippen LogP contribution in [-0.4, -0.2) is 27.6 Å². The highest BCUT2D eigenvalue weighted by molar-refractivity contribution is 5.90. The second kappa shape index (κ2) is 8.67. The van der Waals surface area contributed by atoms with Crippen LogP contribution in [-0.2, 0) is 6.42 Å². The van der Waals surface area contributed by atoms with Crippen molar-refractivity contribution in [1.82, 2.24) is 20.5 Å². The summed E-state index contributed by atoms with van der Waals surface area (Å²) in [5.41, 5.74) is 0. The molecule has 0 aromatic carbocycles. The van der Waals surface area contributed by atoms with E-state index in [1.54, 1.807) is 0 Å². The van der Waals surface area contributed by atoms with E-state index in [4.69, 9.17) is 0 Å². The highest BCUT2D eigenvalue weighted by atomic mass is 16.2. The Labute approximate surface area is 115 Å². The largest absolute Gasteiger partial charge is 0.349 e. The van der Waals surface area contributed by atoms with Crippen LogP contribution in [0.1, 0.15) is 69.3 Å². The van der Waals surface area contributed by atoms with Crippen molar-refractivity contribution in [3.63, 3.8) is 0 Å². The molecular formula is C14H26N4O. The summed E-state index contributed by atoms with van der Waals surface area (Å²) >= 11 is 0. The third kappa shape index (κ3) is 5.41. The molecule has 1 amide bonds. The van der Waals surface area contributed by atoms with Crippen molar-refractivity contribution in [1.29, 1.82) is 0 Å². The van der Waals surface area contributed by atoms with Gasteiger partial charge in [0.2, 0.25) is 5.82 Å². The van der Waals surface area contributed by atoms with Gasteiger partial charge in [0.25, 0.3) is 5.91 Å². The Morgan fingerprint density at radius 2 is 2.11 bits per heavy atom. The van der Waals surface area contributed by atoms with E-state index in [9.17, 15) is 4.79 Å². The minimum Gasteiger partial charge on any atom is -0.349 e. The van der Waals surface area contributed by atoms with Gasteiger partial charge in [0.1, 0.15) is 5.82 Å². The van der Waals surface area contributed by atoms with Crippen molar-refractivity contribution in [3.05, 3.63) is 11.6 Å². The number of aromatic amines is 1. The van der Waals surface area contributed by atoms with E-state index >= 15 is 0 Å². The zero-order valence-corrected chi connectivity index (χ0v) is 12.3. The molecule has 1 aromatic rings. The molecule has 0 aliphatic heterocycles. The van der Waals surface area contributed by atoms with Gasteiger partial charge in [0, 0.05) is 13.0 Å². The van der Waals surface area contributed by atoms with Gasteiger partial charge in [-0.2, -0.15) is 0 Å². The summed E-state index contributed by atoms with van der Waals surface area (Å²) in [6.45, 7) is 7.14. The van der Waals surface area contributed by atoms with Crippen LogP contribution in [0.5, 0.6) is 0 Å². The first-order valence-corrected chi connectivity index (χ1v) is 7.40. The van der Waals surface area contributed by atoms with Crippen molar-refractivity contribution in [3.8, 4) is 0 Å². The van der Waals surface area contributed by atoms with Gasteiger partial charge < -0.3 is 5.32 Å². The van der Waals surface area contributed by atoms with Crippen molar-refractivity contribution in [2.75, 3.05) is 6.54 Å². The van der Waals surface area contributed by atoms with Crippen LogP contribution in [0.2, 0.25) is 0 Å². The molecule has 0 fully saturated rings. The van der Waals surface area contributed by atoms with Gasteiger partial charge in [-0.05, 0) is 18.8 Å². The Morgan fingerprint density at radius 1 is 1.32 bits per heavy atom. The Hall–Kier alpha value is -1.39. The summed E-state index contributed by atoms with van der Waals surface area (Å²) in [6.07, 6.45) is 6.50. The monoisotopic (exact) mass is 266 g/mol. The van der Waals surface area contributed by atoms with Gasteiger partial charge in [-0.3, -0.25) is 9.89 Å². The van der Waals surface area contributed by atoms with Crippen LogP contribution in [0, 0.1) is 5.92 Å². The van der Waals surface area contributed by atoms with Crippen molar-refractivity contribution < 1.29 is 4.79 Å². The van der Waals surface area contributed by atoms with E-state index in [1.807, 2.05) is 0 Å². The smallest absolute Gasteiger partial charge is 0.290 e. The van der Waals surface area contributed by atoms with E-state index in [0.717, 1.165) is 25.1 Å². The fourth-order valence-electron chi connectivity index (χ4n) is 2.00. The van der Waals surface area contributed by atoms with Crippen LogP contribution in [0.4, 0.5) is 0 Å². The molecule has 5 heteroatoms. The number of hydrogen-bond acceptors (Lipinski definition) is 3. The lowest BCUT2D eigenvalue weighted by Gasteiger charge is -2.14. The van der Waals surface area contributed by atoms with Gasteiger partial charge in [0.15, 0.2) is 0 Å². The van der Waals surface area contributed by atoms with Crippen LogP contribution >= 0.6 is 0 Å². The standard InChI is InChI=1S/C14H26N4O/c1-4-7-9-11(6-3)10-15-14(19)13-16-12(8-5-2)17-18-13/h11H,4-10H2,1-3H3,(H,15,19)(H,16,17,18). The first-order chi connectivity index (χ1) is 9.21. The number of aryl methyl sites for hydroxylation is 1. The molecule has 19 heavy (non-hydrogen) atoms. The predicted octanol–water partition coefficient (Wildman–Crippen LogP) is 2.70. The van der Waals surface area contributed by atoms with Gasteiger partial charge in [-0.25, -0.2) is 4.98 Å². The molecule has 1 heterocycles. The molecular weight excluding hydrogens is 240 g/mol. The van der Waals surface area contributed by atoms with Crippen molar-refractivity contribution >= 4 is 5.91 Å².